The molecule has 0 aliphatic carbocycles. The van der Waals surface area contributed by atoms with E-state index in [9.17, 15) is 4.79 Å². The van der Waals surface area contributed by atoms with E-state index in [0.717, 1.165) is 24.2 Å². The summed E-state index contributed by atoms with van der Waals surface area (Å²) in [6.45, 7) is 14.0. The molecule has 0 N–H and O–H groups in total. The lowest BCUT2D eigenvalue weighted by molar-refractivity contribution is -0.137. The second-order valence-corrected chi connectivity index (χ2v) is 9.08. The zero-order valence-corrected chi connectivity index (χ0v) is 20.5. The first-order valence-corrected chi connectivity index (χ1v) is 12.0. The number of oxime groups is 1. The van der Waals surface area contributed by atoms with Gasteiger partial charge in [0.1, 0.15) is 6.61 Å². The van der Waals surface area contributed by atoms with Gasteiger partial charge in [0.15, 0.2) is 0 Å². The number of rotatable bonds is 18. The summed E-state index contributed by atoms with van der Waals surface area (Å²) in [6.07, 6.45) is 18.5. The summed E-state index contributed by atoms with van der Waals surface area (Å²) < 4.78 is 4.78. The van der Waals surface area contributed by atoms with E-state index in [1.807, 2.05) is 6.08 Å². The summed E-state index contributed by atoms with van der Waals surface area (Å²) in [5.74, 6) is 2.17. The van der Waals surface area contributed by atoms with Gasteiger partial charge in [0.05, 0.1) is 12.8 Å². The Balaban J connectivity index is 3.75. The summed E-state index contributed by atoms with van der Waals surface area (Å²) in [7, 11) is 0. The first-order chi connectivity index (χ1) is 14.3. The van der Waals surface area contributed by atoms with Crippen LogP contribution in [0.2, 0.25) is 0 Å². The Morgan fingerprint density at radius 1 is 0.933 bits per heavy atom. The molecule has 0 saturated carbocycles. The van der Waals surface area contributed by atoms with Crippen molar-refractivity contribution in [1.29, 1.82) is 0 Å². The number of carbonyl (C=O) groups excluding carboxylic acids is 1. The van der Waals surface area contributed by atoms with Gasteiger partial charge in [0.25, 0.3) is 0 Å². The van der Waals surface area contributed by atoms with Crippen molar-refractivity contribution in [3.63, 3.8) is 0 Å². The molecule has 30 heavy (non-hydrogen) atoms. The minimum atomic E-state index is -0.355. The summed E-state index contributed by atoms with van der Waals surface area (Å²) in [4.78, 5) is 16.2. The van der Waals surface area contributed by atoms with E-state index in [2.05, 4.69) is 39.8 Å². The molecule has 0 rings (SSSR count). The third-order valence-electron chi connectivity index (χ3n) is 5.35. The Hall–Kier alpha value is -1.58. The summed E-state index contributed by atoms with van der Waals surface area (Å²) in [6, 6.07) is 0. The zero-order valence-electron chi connectivity index (χ0n) is 20.5. The Labute approximate surface area is 186 Å². The highest BCUT2D eigenvalue weighted by atomic mass is 16.6. The van der Waals surface area contributed by atoms with Crippen LogP contribution in [0.15, 0.2) is 29.0 Å². The van der Waals surface area contributed by atoms with E-state index in [1.165, 1.54) is 63.0 Å². The van der Waals surface area contributed by atoms with E-state index in [0.29, 0.717) is 6.61 Å². The van der Waals surface area contributed by atoms with Crippen LogP contribution in [0.1, 0.15) is 99.3 Å². The Bertz CT molecular complexity index is 508. The number of esters is 1. The van der Waals surface area contributed by atoms with Gasteiger partial charge in [0, 0.05) is 6.08 Å². The van der Waals surface area contributed by atoms with Crippen LogP contribution < -0.4 is 0 Å². The van der Waals surface area contributed by atoms with Gasteiger partial charge in [-0.3, -0.25) is 0 Å². The first-order valence-electron chi connectivity index (χ1n) is 12.0. The maximum atomic E-state index is 11.1. The monoisotopic (exact) mass is 421 g/mol. The van der Waals surface area contributed by atoms with Crippen molar-refractivity contribution < 1.29 is 14.4 Å². The largest absolute Gasteiger partial charge is 0.463 e. The predicted molar refractivity (Wildman–Crippen MR) is 129 cm³/mol. The molecule has 0 aliphatic heterocycles. The number of hydrogen-bond acceptors (Lipinski definition) is 4. The van der Waals surface area contributed by atoms with Crippen molar-refractivity contribution in [2.75, 3.05) is 13.2 Å². The van der Waals surface area contributed by atoms with E-state index in [-0.39, 0.29) is 12.6 Å². The van der Waals surface area contributed by atoms with Crippen molar-refractivity contribution in [2.45, 2.75) is 99.3 Å². The van der Waals surface area contributed by atoms with Gasteiger partial charge in [-0.1, -0.05) is 83.4 Å². The highest BCUT2D eigenvalue weighted by molar-refractivity contribution is 5.81. The fraction of sp³-hybridized carbons (Fsp3) is 0.769. The lowest BCUT2D eigenvalue weighted by Crippen LogP contribution is -2.00. The molecule has 0 heterocycles. The molecular weight excluding hydrogens is 374 g/mol. The minimum absolute atomic E-state index is 0.260. The van der Waals surface area contributed by atoms with Gasteiger partial charge in [-0.15, -0.1) is 0 Å². The molecule has 0 aromatic carbocycles. The summed E-state index contributed by atoms with van der Waals surface area (Å²) in [5, 5.41) is 3.88. The highest BCUT2D eigenvalue weighted by Crippen LogP contribution is 2.21. The van der Waals surface area contributed by atoms with Crippen LogP contribution in [0, 0.1) is 17.8 Å². The molecule has 2 atom stereocenters. The van der Waals surface area contributed by atoms with Gasteiger partial charge in [-0.2, -0.15) is 0 Å². The Kier molecular flexibility index (Phi) is 18.4. The molecule has 4 heteroatoms. The molecule has 0 amide bonds. The van der Waals surface area contributed by atoms with Crippen LogP contribution in [0.25, 0.3) is 0 Å². The molecule has 0 bridgehead atoms. The standard InChI is InChI=1S/C26H47NO3/c1-7-29-26(28)18-11-21-30-27-20-19-25(6)17-10-16-24(5)15-9-14-23(4)13-8-12-22(2)3/h11,18-20,22-24H,7-10,12-17,21H2,1-6H3/b18-11+,25-19+,27-20+. The molecule has 0 radical (unpaired) electrons. The maximum absolute atomic E-state index is 11.1. The van der Waals surface area contributed by atoms with Crippen LogP contribution in [-0.2, 0) is 14.4 Å². The number of carbonyl (C=O) groups is 1. The van der Waals surface area contributed by atoms with Crippen LogP contribution in [-0.4, -0.2) is 25.4 Å². The quantitative estimate of drug-likeness (QED) is 0.0757. The number of hydrogen-bond donors (Lipinski definition) is 0. The van der Waals surface area contributed by atoms with Gasteiger partial charge >= 0.3 is 5.97 Å². The third kappa shape index (κ3) is 19.7. The SMILES string of the molecule is CCOC(=O)/C=C/CO/N=C/C=C(\C)CCCC(C)CCCC(C)CCCC(C)C. The number of ether oxygens (including phenoxy) is 1. The van der Waals surface area contributed by atoms with E-state index >= 15 is 0 Å². The van der Waals surface area contributed by atoms with E-state index in [1.54, 1.807) is 19.2 Å². The third-order valence-corrected chi connectivity index (χ3v) is 5.35. The first kappa shape index (κ1) is 28.4. The van der Waals surface area contributed by atoms with Gasteiger partial charge in [0.2, 0.25) is 0 Å². The van der Waals surface area contributed by atoms with Crippen LogP contribution in [0.4, 0.5) is 0 Å². The minimum Gasteiger partial charge on any atom is -0.463 e. The predicted octanol–water partition coefficient (Wildman–Crippen LogP) is 7.49. The number of nitrogens with zero attached hydrogens (tertiary/aromatic N) is 1. The van der Waals surface area contributed by atoms with Crippen LogP contribution >= 0.6 is 0 Å². The fourth-order valence-corrected chi connectivity index (χ4v) is 3.41. The molecule has 0 aromatic rings. The molecule has 2 unspecified atom stereocenters. The molecule has 174 valence electrons. The summed E-state index contributed by atoms with van der Waals surface area (Å²) >= 11 is 0. The second-order valence-electron chi connectivity index (χ2n) is 9.08. The lowest BCUT2D eigenvalue weighted by atomic mass is 9.91. The second kappa shape index (κ2) is 19.4. The number of allylic oxidation sites excluding steroid dienone is 2. The van der Waals surface area contributed by atoms with Crippen LogP contribution in [0.3, 0.4) is 0 Å². The van der Waals surface area contributed by atoms with Crippen molar-refractivity contribution in [3.05, 3.63) is 23.8 Å². The van der Waals surface area contributed by atoms with Crippen molar-refractivity contribution in [2.24, 2.45) is 22.9 Å². The van der Waals surface area contributed by atoms with Crippen molar-refractivity contribution >= 4 is 12.2 Å². The average molecular weight is 422 g/mol. The van der Waals surface area contributed by atoms with Gasteiger partial charge in [-0.05, 0) is 56.6 Å². The molecule has 0 aliphatic rings. The van der Waals surface area contributed by atoms with Gasteiger partial charge < -0.3 is 9.57 Å². The molecule has 0 aromatic heterocycles. The average Bonchev–Trinajstić information content (AvgIpc) is 2.67. The van der Waals surface area contributed by atoms with Gasteiger partial charge in [-0.25, -0.2) is 4.79 Å². The zero-order chi connectivity index (χ0) is 22.6. The molecule has 0 spiro atoms. The van der Waals surface area contributed by atoms with Crippen LogP contribution in [0.5, 0.6) is 0 Å². The topological polar surface area (TPSA) is 47.9 Å². The Morgan fingerprint density at radius 3 is 2.13 bits per heavy atom. The molecule has 0 fully saturated rings. The molecule has 4 nitrogen and oxygen atoms in total. The summed E-state index contributed by atoms with van der Waals surface area (Å²) in [5.41, 5.74) is 1.32. The molecule has 0 saturated heterocycles. The van der Waals surface area contributed by atoms with Crippen molar-refractivity contribution in [3.8, 4) is 0 Å². The Morgan fingerprint density at radius 2 is 1.53 bits per heavy atom. The van der Waals surface area contributed by atoms with E-state index < -0.39 is 0 Å². The highest BCUT2D eigenvalue weighted by Gasteiger charge is 2.06. The van der Waals surface area contributed by atoms with Crippen molar-refractivity contribution in [1.82, 2.24) is 0 Å². The van der Waals surface area contributed by atoms with E-state index in [4.69, 9.17) is 9.57 Å². The lowest BCUT2D eigenvalue weighted by Gasteiger charge is -2.15. The smallest absolute Gasteiger partial charge is 0.330 e. The maximum Gasteiger partial charge on any atom is 0.330 e. The molecular formula is C26H47NO3. The fourth-order valence-electron chi connectivity index (χ4n) is 3.41. The normalized spacial score (nSPS) is 14.6.